The van der Waals surface area contributed by atoms with Crippen LogP contribution in [0.2, 0.25) is 19.6 Å². The van der Waals surface area contributed by atoms with Gasteiger partial charge in [-0.25, -0.2) is 0 Å². The zero-order valence-corrected chi connectivity index (χ0v) is 18.4. The molecular weight excluding hydrogens is 336 g/mol. The summed E-state index contributed by atoms with van der Waals surface area (Å²) in [5, 5.41) is 0. The van der Waals surface area contributed by atoms with Crippen molar-refractivity contribution in [2.24, 2.45) is 17.3 Å². The second kappa shape index (κ2) is 6.67. The number of allylic oxidation sites excluding steroid dienone is 6. The van der Waals surface area contributed by atoms with Crippen molar-refractivity contribution in [3.63, 3.8) is 0 Å². The number of methoxy groups -OCH3 is 1. The van der Waals surface area contributed by atoms with E-state index in [1.165, 1.54) is 50.5 Å². The van der Waals surface area contributed by atoms with Crippen LogP contribution in [-0.2, 0) is 9.16 Å². The first-order valence-electron chi connectivity index (χ1n) is 10.7. The lowest BCUT2D eigenvalue weighted by molar-refractivity contribution is -0.00264. The largest absolute Gasteiger partial charge is 0.501 e. The third-order valence-electron chi connectivity index (χ3n) is 7.59. The molecule has 0 N–H and O–H groups in total. The average Bonchev–Trinajstić information content (AvgIpc) is 2.98. The summed E-state index contributed by atoms with van der Waals surface area (Å²) in [7, 11) is 0.318. The first-order valence-corrected chi connectivity index (χ1v) is 14.1. The van der Waals surface area contributed by atoms with E-state index in [4.69, 9.17) is 9.16 Å². The third kappa shape index (κ3) is 2.95. The molecule has 0 amide bonds. The van der Waals surface area contributed by atoms with Crippen molar-refractivity contribution < 1.29 is 9.16 Å². The Morgan fingerprint density at radius 3 is 2.65 bits per heavy atom. The molecule has 0 aromatic rings. The summed E-state index contributed by atoms with van der Waals surface area (Å²) < 4.78 is 12.3. The van der Waals surface area contributed by atoms with E-state index < -0.39 is 8.32 Å². The molecule has 0 aromatic heterocycles. The molecular formula is C23H36O2Si. The lowest BCUT2D eigenvalue weighted by atomic mass is 9.56. The molecule has 2 fully saturated rings. The quantitative estimate of drug-likeness (QED) is 0.533. The maximum Gasteiger partial charge on any atom is 0.184 e. The highest BCUT2D eigenvalue weighted by Gasteiger charge is 2.56. The molecule has 0 unspecified atom stereocenters. The number of hydrogen-bond acceptors (Lipinski definition) is 2. The minimum Gasteiger partial charge on any atom is -0.501 e. The standard InChI is InChI=1S/C23H36O2Si/c1-6-23-14-13-19-18-10-8-17(24-2)15-16(18)7-9-20(19)21(23)11-12-22(23)25-26(3,4)5/h7,15,20-22H,6,8-14H2,1-5H3/t20-,21+,22+,23+/m1/s1. The van der Waals surface area contributed by atoms with Crippen molar-refractivity contribution in [3.8, 4) is 0 Å². The van der Waals surface area contributed by atoms with Gasteiger partial charge in [-0.2, -0.15) is 0 Å². The predicted molar refractivity (Wildman–Crippen MR) is 110 cm³/mol. The monoisotopic (exact) mass is 372 g/mol. The molecule has 4 aliphatic rings. The Hall–Kier alpha value is -0.803. The van der Waals surface area contributed by atoms with Gasteiger partial charge in [-0.15, -0.1) is 0 Å². The van der Waals surface area contributed by atoms with E-state index in [1.807, 2.05) is 7.11 Å². The van der Waals surface area contributed by atoms with Gasteiger partial charge in [0.15, 0.2) is 8.32 Å². The average molecular weight is 373 g/mol. The summed E-state index contributed by atoms with van der Waals surface area (Å²) in [5.74, 6) is 2.76. The number of ether oxygens (including phenoxy) is 1. The van der Waals surface area contributed by atoms with Crippen molar-refractivity contribution in [2.75, 3.05) is 7.11 Å². The number of rotatable bonds is 4. The van der Waals surface area contributed by atoms with Gasteiger partial charge in [-0.05, 0) is 99.1 Å². The van der Waals surface area contributed by atoms with Gasteiger partial charge in [0.1, 0.15) is 0 Å². The summed E-state index contributed by atoms with van der Waals surface area (Å²) in [6.07, 6.45) is 15.4. The van der Waals surface area contributed by atoms with Gasteiger partial charge in [0.2, 0.25) is 0 Å². The summed E-state index contributed by atoms with van der Waals surface area (Å²) in [6, 6.07) is 0. The first kappa shape index (κ1) is 18.6. The molecule has 4 aliphatic carbocycles. The van der Waals surface area contributed by atoms with Crippen LogP contribution in [0.4, 0.5) is 0 Å². The van der Waals surface area contributed by atoms with Crippen LogP contribution in [0, 0.1) is 17.3 Å². The first-order chi connectivity index (χ1) is 12.4. The van der Waals surface area contributed by atoms with Crippen molar-refractivity contribution in [3.05, 3.63) is 34.6 Å². The molecule has 0 bridgehead atoms. The summed E-state index contributed by atoms with van der Waals surface area (Å²) in [4.78, 5) is 0. The van der Waals surface area contributed by atoms with Gasteiger partial charge >= 0.3 is 0 Å². The molecule has 144 valence electrons. The molecule has 2 saturated carbocycles. The van der Waals surface area contributed by atoms with Crippen LogP contribution in [0.3, 0.4) is 0 Å². The topological polar surface area (TPSA) is 18.5 Å². The minimum atomic E-state index is -1.49. The fourth-order valence-electron chi connectivity index (χ4n) is 6.51. The maximum atomic E-state index is 6.76. The van der Waals surface area contributed by atoms with E-state index >= 15 is 0 Å². The predicted octanol–water partition coefficient (Wildman–Crippen LogP) is 6.37. The lowest BCUT2D eigenvalue weighted by Gasteiger charge is -2.50. The third-order valence-corrected chi connectivity index (χ3v) is 8.59. The van der Waals surface area contributed by atoms with Crippen LogP contribution in [-0.4, -0.2) is 21.5 Å². The SMILES string of the molecule is CC[C@]12CCC3=C4CCC(OC)=CC4=CC[C@H]3[C@@H]1CC[C@@H]2O[Si](C)(C)C. The van der Waals surface area contributed by atoms with Gasteiger partial charge in [0.25, 0.3) is 0 Å². The van der Waals surface area contributed by atoms with Crippen LogP contribution in [0.25, 0.3) is 0 Å². The van der Waals surface area contributed by atoms with Crippen LogP contribution in [0.15, 0.2) is 34.6 Å². The van der Waals surface area contributed by atoms with E-state index in [0.717, 1.165) is 24.0 Å². The normalized spacial score (nSPS) is 36.7. The van der Waals surface area contributed by atoms with E-state index in [0.29, 0.717) is 11.5 Å². The Labute approximate surface area is 160 Å². The Kier molecular flexibility index (Phi) is 4.76. The molecule has 3 heteroatoms. The smallest absolute Gasteiger partial charge is 0.184 e. The molecule has 4 rings (SSSR count). The Balaban J connectivity index is 1.64. The molecule has 26 heavy (non-hydrogen) atoms. The van der Waals surface area contributed by atoms with Crippen molar-refractivity contribution in [1.82, 2.24) is 0 Å². The van der Waals surface area contributed by atoms with Crippen molar-refractivity contribution >= 4 is 8.32 Å². The molecule has 0 radical (unpaired) electrons. The lowest BCUT2D eigenvalue weighted by Crippen LogP contribution is -2.47. The van der Waals surface area contributed by atoms with Crippen molar-refractivity contribution in [1.29, 1.82) is 0 Å². The molecule has 0 aromatic carbocycles. The van der Waals surface area contributed by atoms with Crippen molar-refractivity contribution in [2.45, 2.75) is 84.0 Å². The fraction of sp³-hybridized carbons (Fsp3) is 0.739. The molecule has 0 spiro atoms. The highest BCUT2D eigenvalue weighted by Crippen LogP contribution is 2.62. The van der Waals surface area contributed by atoms with Gasteiger partial charge in [-0.3, -0.25) is 0 Å². The number of fused-ring (bicyclic) bond motifs is 4. The van der Waals surface area contributed by atoms with E-state index in [2.05, 4.69) is 38.7 Å². The fourth-order valence-corrected chi connectivity index (χ4v) is 7.71. The summed E-state index contributed by atoms with van der Waals surface area (Å²) >= 11 is 0. The molecule has 0 aliphatic heterocycles. The molecule has 4 atom stereocenters. The molecule has 0 heterocycles. The Morgan fingerprint density at radius 2 is 1.96 bits per heavy atom. The van der Waals surface area contributed by atoms with Crippen LogP contribution in [0.5, 0.6) is 0 Å². The number of hydrogen-bond donors (Lipinski definition) is 0. The van der Waals surface area contributed by atoms with Gasteiger partial charge in [0.05, 0.1) is 19.0 Å². The zero-order chi connectivity index (χ0) is 18.5. The van der Waals surface area contributed by atoms with Crippen LogP contribution >= 0.6 is 0 Å². The zero-order valence-electron chi connectivity index (χ0n) is 17.4. The van der Waals surface area contributed by atoms with Gasteiger partial charge in [0, 0.05) is 6.42 Å². The molecule has 0 saturated heterocycles. The summed E-state index contributed by atoms with van der Waals surface area (Å²) in [5.41, 5.74) is 5.37. The van der Waals surface area contributed by atoms with Crippen LogP contribution < -0.4 is 0 Å². The highest BCUT2D eigenvalue weighted by atomic mass is 28.4. The second-order valence-corrected chi connectivity index (χ2v) is 14.3. The highest BCUT2D eigenvalue weighted by molar-refractivity contribution is 6.69. The van der Waals surface area contributed by atoms with E-state index in [1.54, 1.807) is 11.1 Å². The van der Waals surface area contributed by atoms with Gasteiger partial charge < -0.3 is 9.16 Å². The molecule has 2 nitrogen and oxygen atoms in total. The Morgan fingerprint density at radius 1 is 1.15 bits per heavy atom. The van der Waals surface area contributed by atoms with E-state index in [-0.39, 0.29) is 0 Å². The summed E-state index contributed by atoms with van der Waals surface area (Å²) in [6.45, 7) is 9.50. The van der Waals surface area contributed by atoms with Gasteiger partial charge in [-0.1, -0.05) is 18.6 Å². The second-order valence-electron chi connectivity index (χ2n) is 9.81. The van der Waals surface area contributed by atoms with E-state index in [9.17, 15) is 0 Å². The minimum absolute atomic E-state index is 0.433. The van der Waals surface area contributed by atoms with Crippen LogP contribution in [0.1, 0.15) is 58.3 Å². The maximum absolute atomic E-state index is 6.76. The Bertz CT molecular complexity index is 666.